The van der Waals surface area contributed by atoms with E-state index < -0.39 is 5.60 Å². The lowest BCUT2D eigenvalue weighted by molar-refractivity contribution is 0.00718. The minimum atomic E-state index is -1.00. The van der Waals surface area contributed by atoms with Crippen LogP contribution in [0, 0.1) is 5.82 Å². The lowest BCUT2D eigenvalue weighted by atomic mass is 9.86. The molecule has 0 saturated carbocycles. The van der Waals surface area contributed by atoms with Crippen LogP contribution in [0.25, 0.3) is 11.0 Å². The first-order chi connectivity index (χ1) is 11.0. The molecule has 8 heteroatoms. The summed E-state index contributed by atoms with van der Waals surface area (Å²) in [5.41, 5.74) is 0.421. The van der Waals surface area contributed by atoms with Gasteiger partial charge in [-0.1, -0.05) is 12.1 Å². The van der Waals surface area contributed by atoms with Crippen LogP contribution in [0.4, 0.5) is 10.2 Å². The number of aromatic nitrogens is 4. The summed E-state index contributed by atoms with van der Waals surface area (Å²) in [5, 5.41) is 15.8. The van der Waals surface area contributed by atoms with Crippen molar-refractivity contribution in [3.63, 3.8) is 0 Å². The van der Waals surface area contributed by atoms with Crippen LogP contribution in [0.3, 0.4) is 0 Å². The van der Waals surface area contributed by atoms with Gasteiger partial charge in [-0.2, -0.15) is 5.10 Å². The summed E-state index contributed by atoms with van der Waals surface area (Å²) >= 11 is 3.43. The van der Waals surface area contributed by atoms with Crippen LogP contribution in [0.1, 0.15) is 5.56 Å². The van der Waals surface area contributed by atoms with Crippen LogP contribution in [0.15, 0.2) is 35.2 Å². The maximum atomic E-state index is 13.0. The average molecular weight is 378 g/mol. The Labute approximate surface area is 139 Å². The van der Waals surface area contributed by atoms with Gasteiger partial charge in [0.05, 0.1) is 18.5 Å². The van der Waals surface area contributed by atoms with Crippen molar-refractivity contribution >= 4 is 32.8 Å². The highest BCUT2D eigenvalue weighted by atomic mass is 79.9. The van der Waals surface area contributed by atoms with E-state index in [1.54, 1.807) is 16.8 Å². The van der Waals surface area contributed by atoms with Crippen LogP contribution in [0.5, 0.6) is 0 Å². The van der Waals surface area contributed by atoms with Crippen LogP contribution >= 0.6 is 15.9 Å². The number of β-amino-alcohol motifs (C(OH)–C–C–N with tert-alkyl or cyclic N) is 1. The molecule has 6 nitrogen and oxygen atoms in total. The summed E-state index contributed by atoms with van der Waals surface area (Å²) in [7, 11) is 1.81. The second-order valence-corrected chi connectivity index (χ2v) is 6.46. The summed E-state index contributed by atoms with van der Waals surface area (Å²) in [6.07, 6.45) is 1.49. The fourth-order valence-corrected chi connectivity index (χ4v) is 3.54. The normalized spacial score (nSPS) is 16.6. The van der Waals surface area contributed by atoms with E-state index in [4.69, 9.17) is 0 Å². The fourth-order valence-electron chi connectivity index (χ4n) is 2.94. The number of nitrogens with zero attached hydrogens (tertiary/aromatic N) is 5. The van der Waals surface area contributed by atoms with E-state index in [-0.39, 0.29) is 5.82 Å². The maximum Gasteiger partial charge on any atom is 0.164 e. The van der Waals surface area contributed by atoms with E-state index in [1.807, 2.05) is 11.9 Å². The van der Waals surface area contributed by atoms with Crippen molar-refractivity contribution in [1.82, 2.24) is 19.7 Å². The molecule has 4 rings (SSSR count). The molecular weight excluding hydrogens is 365 g/mol. The maximum absolute atomic E-state index is 13.0. The molecule has 2 aromatic heterocycles. The molecule has 1 N–H and O–H groups in total. The summed E-state index contributed by atoms with van der Waals surface area (Å²) < 4.78 is 15.4. The molecule has 23 heavy (non-hydrogen) atoms. The molecule has 0 atom stereocenters. The minimum Gasteiger partial charge on any atom is -0.381 e. The molecule has 1 fully saturated rings. The van der Waals surface area contributed by atoms with Crippen LogP contribution in [0.2, 0.25) is 0 Å². The Bertz CT molecular complexity index is 889. The van der Waals surface area contributed by atoms with Gasteiger partial charge in [0.15, 0.2) is 5.65 Å². The SMILES string of the molecule is Cn1nc(Br)c2c(N3CC(O)(c4ccc(F)cc4)C3)ncnc21. The van der Waals surface area contributed by atoms with Crippen molar-refractivity contribution in [1.29, 1.82) is 0 Å². The van der Waals surface area contributed by atoms with Crippen LogP contribution < -0.4 is 4.90 Å². The number of hydrogen-bond donors (Lipinski definition) is 1. The second-order valence-electron chi connectivity index (χ2n) is 5.70. The molecule has 3 aromatic rings. The average Bonchev–Trinajstić information content (AvgIpc) is 2.80. The van der Waals surface area contributed by atoms with Gasteiger partial charge in [-0.3, -0.25) is 0 Å². The summed E-state index contributed by atoms with van der Waals surface area (Å²) in [6, 6.07) is 5.94. The molecule has 0 spiro atoms. The predicted octanol–water partition coefficient (Wildman–Crippen LogP) is 1.97. The zero-order chi connectivity index (χ0) is 16.2. The number of aliphatic hydroxyl groups is 1. The molecule has 1 aliphatic heterocycles. The molecule has 0 unspecified atom stereocenters. The highest BCUT2D eigenvalue weighted by molar-refractivity contribution is 9.10. The lowest BCUT2D eigenvalue weighted by Crippen LogP contribution is -2.60. The van der Waals surface area contributed by atoms with Gasteiger partial charge in [-0.05, 0) is 33.6 Å². The first kappa shape index (κ1) is 14.5. The van der Waals surface area contributed by atoms with Gasteiger partial charge in [0, 0.05) is 7.05 Å². The molecule has 1 aromatic carbocycles. The second kappa shape index (κ2) is 4.97. The Hall–Kier alpha value is -2.06. The lowest BCUT2D eigenvalue weighted by Gasteiger charge is -2.47. The number of halogens is 2. The molecule has 0 aliphatic carbocycles. The van der Waals surface area contributed by atoms with Gasteiger partial charge in [0.1, 0.15) is 28.2 Å². The van der Waals surface area contributed by atoms with E-state index in [1.165, 1.54) is 18.5 Å². The largest absolute Gasteiger partial charge is 0.381 e. The third-order valence-corrected chi connectivity index (χ3v) is 4.70. The Morgan fingerprint density at radius 3 is 2.61 bits per heavy atom. The summed E-state index contributed by atoms with van der Waals surface area (Å²) in [4.78, 5) is 10.5. The van der Waals surface area contributed by atoms with Crippen molar-refractivity contribution in [3.8, 4) is 0 Å². The molecule has 0 radical (unpaired) electrons. The molecule has 0 bridgehead atoms. The Morgan fingerprint density at radius 1 is 1.22 bits per heavy atom. The number of hydrogen-bond acceptors (Lipinski definition) is 5. The van der Waals surface area contributed by atoms with Gasteiger partial charge in [-0.25, -0.2) is 19.0 Å². The molecule has 1 aliphatic rings. The number of benzene rings is 1. The van der Waals surface area contributed by atoms with E-state index >= 15 is 0 Å². The fraction of sp³-hybridized carbons (Fsp3) is 0.267. The van der Waals surface area contributed by atoms with Gasteiger partial charge < -0.3 is 10.0 Å². The molecule has 3 heterocycles. The number of rotatable bonds is 2. The van der Waals surface area contributed by atoms with Crippen molar-refractivity contribution in [2.45, 2.75) is 5.60 Å². The standard InChI is InChI=1S/C15H13BrFN5O/c1-21-13-11(12(16)20-21)14(19-8-18-13)22-6-15(23,7-22)9-2-4-10(17)5-3-9/h2-5,8,23H,6-7H2,1H3. The van der Waals surface area contributed by atoms with Crippen molar-refractivity contribution in [3.05, 3.63) is 46.6 Å². The van der Waals surface area contributed by atoms with Crippen molar-refractivity contribution < 1.29 is 9.50 Å². The van der Waals surface area contributed by atoms with Crippen LogP contribution in [-0.4, -0.2) is 37.9 Å². The molecule has 118 valence electrons. The summed E-state index contributed by atoms with van der Waals surface area (Å²) in [5.74, 6) is 0.409. The number of fused-ring (bicyclic) bond motifs is 1. The minimum absolute atomic E-state index is 0.315. The van der Waals surface area contributed by atoms with Crippen LogP contribution in [-0.2, 0) is 12.6 Å². The van der Waals surface area contributed by atoms with E-state index in [0.717, 1.165) is 16.9 Å². The first-order valence-electron chi connectivity index (χ1n) is 7.04. The quantitative estimate of drug-likeness (QED) is 0.739. The van der Waals surface area contributed by atoms with Crippen molar-refractivity contribution in [2.24, 2.45) is 7.05 Å². The van der Waals surface area contributed by atoms with Gasteiger partial charge in [-0.15, -0.1) is 0 Å². The highest BCUT2D eigenvalue weighted by Gasteiger charge is 2.44. The molecular formula is C15H13BrFN5O. The predicted molar refractivity (Wildman–Crippen MR) is 86.5 cm³/mol. The Kier molecular flexibility index (Phi) is 3.14. The monoisotopic (exact) mass is 377 g/mol. The zero-order valence-electron chi connectivity index (χ0n) is 12.2. The molecule has 0 amide bonds. The number of aryl methyl sites for hydroxylation is 1. The zero-order valence-corrected chi connectivity index (χ0v) is 13.8. The van der Waals surface area contributed by atoms with Gasteiger partial charge in [0.2, 0.25) is 0 Å². The highest BCUT2D eigenvalue weighted by Crippen LogP contribution is 2.38. The topological polar surface area (TPSA) is 67.1 Å². The Balaban J connectivity index is 1.66. The smallest absolute Gasteiger partial charge is 0.164 e. The number of anilines is 1. The third-order valence-electron chi connectivity index (χ3n) is 4.14. The van der Waals surface area contributed by atoms with Gasteiger partial charge >= 0.3 is 0 Å². The van der Waals surface area contributed by atoms with Crippen molar-refractivity contribution in [2.75, 3.05) is 18.0 Å². The molecule has 1 saturated heterocycles. The van der Waals surface area contributed by atoms with E-state index in [0.29, 0.717) is 23.3 Å². The third kappa shape index (κ3) is 2.21. The van der Waals surface area contributed by atoms with E-state index in [2.05, 4.69) is 31.0 Å². The van der Waals surface area contributed by atoms with Gasteiger partial charge in [0.25, 0.3) is 0 Å². The Morgan fingerprint density at radius 2 is 1.91 bits per heavy atom. The summed E-state index contributed by atoms with van der Waals surface area (Å²) in [6.45, 7) is 0.762. The van der Waals surface area contributed by atoms with E-state index in [9.17, 15) is 9.50 Å². The first-order valence-corrected chi connectivity index (χ1v) is 7.84.